The molecule has 0 aliphatic heterocycles. The van der Waals surface area contributed by atoms with Crippen LogP contribution >= 0.6 is 11.6 Å². The van der Waals surface area contributed by atoms with E-state index in [1.54, 1.807) is 24.3 Å². The maximum absolute atomic E-state index is 11.6. The van der Waals surface area contributed by atoms with Gasteiger partial charge in [-0.05, 0) is 30.7 Å². The molecule has 1 aromatic carbocycles. The zero-order chi connectivity index (χ0) is 15.1. The fourth-order valence-electron chi connectivity index (χ4n) is 1.40. The van der Waals surface area contributed by atoms with Crippen LogP contribution in [0.5, 0.6) is 0 Å². The van der Waals surface area contributed by atoms with Crippen LogP contribution in [0.4, 0.5) is 10.5 Å². The maximum Gasteiger partial charge on any atom is 0.326 e. The number of carboxylic acids is 1. The number of hydrogen-bond donors (Lipinski definition) is 4. The van der Waals surface area contributed by atoms with Crippen LogP contribution in [0.3, 0.4) is 0 Å². The lowest BCUT2D eigenvalue weighted by atomic mass is 10.1. The highest BCUT2D eigenvalue weighted by molar-refractivity contribution is 6.30. The molecule has 5 N–H and O–H groups in total. The summed E-state index contributed by atoms with van der Waals surface area (Å²) in [7, 11) is 0. The minimum Gasteiger partial charge on any atom is -0.480 e. The van der Waals surface area contributed by atoms with Crippen molar-refractivity contribution in [3.63, 3.8) is 0 Å². The smallest absolute Gasteiger partial charge is 0.326 e. The molecule has 0 saturated carbocycles. The van der Waals surface area contributed by atoms with E-state index in [1.807, 2.05) is 0 Å². The molecule has 1 aromatic rings. The van der Waals surface area contributed by atoms with Gasteiger partial charge in [0.1, 0.15) is 6.04 Å². The molecule has 0 spiro atoms. The molecule has 1 unspecified atom stereocenters. The first kappa shape index (κ1) is 15.8. The molecule has 0 aliphatic carbocycles. The zero-order valence-electron chi connectivity index (χ0n) is 10.4. The Kier molecular flexibility index (Phi) is 5.79. The molecule has 0 aromatic heterocycles. The molecule has 0 bridgehead atoms. The first-order chi connectivity index (χ1) is 9.38. The predicted octanol–water partition coefficient (Wildman–Crippen LogP) is 1.18. The summed E-state index contributed by atoms with van der Waals surface area (Å²) in [4.78, 5) is 33.2. The van der Waals surface area contributed by atoms with Gasteiger partial charge in [-0.3, -0.25) is 4.79 Å². The number of nitrogens with one attached hydrogen (secondary N) is 2. The Bertz CT molecular complexity index is 504. The standard InChI is InChI=1S/C12H14ClN3O4/c13-7-1-3-8(4-2-7)15-12(20)16-9(11(18)19)5-6-10(14)17/h1-4,9H,5-6H2,(H2,14,17)(H,18,19)(H2,15,16,20). The number of halogens is 1. The van der Waals surface area contributed by atoms with Crippen molar-refractivity contribution in [2.45, 2.75) is 18.9 Å². The number of rotatable bonds is 6. The van der Waals surface area contributed by atoms with Gasteiger partial charge in [0, 0.05) is 17.1 Å². The molecule has 0 fully saturated rings. The van der Waals surface area contributed by atoms with E-state index in [2.05, 4.69) is 10.6 Å². The van der Waals surface area contributed by atoms with Crippen molar-refractivity contribution in [3.05, 3.63) is 29.3 Å². The van der Waals surface area contributed by atoms with Gasteiger partial charge in [-0.1, -0.05) is 11.6 Å². The van der Waals surface area contributed by atoms with Crippen LogP contribution in [0.25, 0.3) is 0 Å². The lowest BCUT2D eigenvalue weighted by molar-refractivity contribution is -0.139. The average Bonchev–Trinajstić information content (AvgIpc) is 2.36. The van der Waals surface area contributed by atoms with Crippen LogP contribution in [0, 0.1) is 0 Å². The summed E-state index contributed by atoms with van der Waals surface area (Å²) in [6.45, 7) is 0. The van der Waals surface area contributed by atoms with E-state index in [9.17, 15) is 14.4 Å². The van der Waals surface area contributed by atoms with Crippen LogP contribution in [0.15, 0.2) is 24.3 Å². The van der Waals surface area contributed by atoms with Crippen molar-refractivity contribution in [3.8, 4) is 0 Å². The lowest BCUT2D eigenvalue weighted by Crippen LogP contribution is -2.43. The largest absolute Gasteiger partial charge is 0.480 e. The number of primary amides is 1. The number of urea groups is 1. The van der Waals surface area contributed by atoms with Crippen molar-refractivity contribution in [1.82, 2.24) is 5.32 Å². The first-order valence-corrected chi connectivity index (χ1v) is 6.10. The maximum atomic E-state index is 11.6. The Morgan fingerprint density at radius 3 is 2.35 bits per heavy atom. The van der Waals surface area contributed by atoms with Crippen LogP contribution in [-0.4, -0.2) is 29.1 Å². The zero-order valence-corrected chi connectivity index (χ0v) is 11.2. The Morgan fingerprint density at radius 1 is 1.25 bits per heavy atom. The fourth-order valence-corrected chi connectivity index (χ4v) is 1.53. The molecule has 8 heteroatoms. The van der Waals surface area contributed by atoms with Crippen LogP contribution in [0.2, 0.25) is 5.02 Å². The number of anilines is 1. The molecule has 0 saturated heterocycles. The number of benzene rings is 1. The molecule has 3 amide bonds. The van der Waals surface area contributed by atoms with Crippen LogP contribution in [0.1, 0.15) is 12.8 Å². The molecule has 108 valence electrons. The summed E-state index contributed by atoms with van der Waals surface area (Å²) >= 11 is 5.70. The molecule has 0 heterocycles. The number of hydrogen-bond acceptors (Lipinski definition) is 3. The van der Waals surface area contributed by atoms with Crippen molar-refractivity contribution in [2.24, 2.45) is 5.73 Å². The fraction of sp³-hybridized carbons (Fsp3) is 0.250. The summed E-state index contributed by atoms with van der Waals surface area (Å²) in [5.41, 5.74) is 5.40. The number of carbonyl (C=O) groups excluding carboxylic acids is 2. The van der Waals surface area contributed by atoms with Crippen LogP contribution in [-0.2, 0) is 9.59 Å². The van der Waals surface area contributed by atoms with Crippen molar-refractivity contribution in [1.29, 1.82) is 0 Å². The number of nitrogens with two attached hydrogens (primary N) is 1. The van der Waals surface area contributed by atoms with E-state index < -0.39 is 23.9 Å². The normalized spacial score (nSPS) is 11.4. The van der Waals surface area contributed by atoms with Gasteiger partial charge in [-0.2, -0.15) is 0 Å². The molecular formula is C12H14ClN3O4. The SMILES string of the molecule is NC(=O)CCC(NC(=O)Nc1ccc(Cl)cc1)C(=O)O. The molecule has 1 rings (SSSR count). The van der Waals surface area contributed by atoms with E-state index >= 15 is 0 Å². The van der Waals surface area contributed by atoms with Gasteiger partial charge in [-0.15, -0.1) is 0 Å². The Morgan fingerprint density at radius 2 is 1.85 bits per heavy atom. The van der Waals surface area contributed by atoms with Gasteiger partial charge in [-0.25, -0.2) is 9.59 Å². The van der Waals surface area contributed by atoms with E-state index in [0.717, 1.165) is 0 Å². The molecule has 0 radical (unpaired) electrons. The third-order valence-electron chi connectivity index (χ3n) is 2.38. The van der Waals surface area contributed by atoms with Gasteiger partial charge in [0.2, 0.25) is 5.91 Å². The first-order valence-electron chi connectivity index (χ1n) is 5.72. The van der Waals surface area contributed by atoms with E-state index in [-0.39, 0.29) is 12.8 Å². The van der Waals surface area contributed by atoms with Gasteiger partial charge >= 0.3 is 12.0 Å². The van der Waals surface area contributed by atoms with E-state index in [0.29, 0.717) is 10.7 Å². The lowest BCUT2D eigenvalue weighted by Gasteiger charge is -2.14. The number of carbonyl (C=O) groups is 3. The summed E-state index contributed by atoms with van der Waals surface area (Å²) in [6.07, 6.45) is -0.198. The second-order valence-electron chi connectivity index (χ2n) is 4.00. The van der Waals surface area contributed by atoms with Gasteiger partial charge < -0.3 is 21.5 Å². The summed E-state index contributed by atoms with van der Waals surface area (Å²) in [6, 6.07) is 4.43. The van der Waals surface area contributed by atoms with Gasteiger partial charge in [0.05, 0.1) is 0 Å². The van der Waals surface area contributed by atoms with E-state index in [4.69, 9.17) is 22.4 Å². The van der Waals surface area contributed by atoms with Crippen molar-refractivity contribution >= 4 is 35.2 Å². The summed E-state index contributed by atoms with van der Waals surface area (Å²) in [5, 5.41) is 14.1. The number of amides is 3. The predicted molar refractivity (Wildman–Crippen MR) is 73.5 cm³/mol. The molecule has 1 atom stereocenters. The molecular weight excluding hydrogens is 286 g/mol. The Labute approximate surface area is 120 Å². The Hall–Kier alpha value is -2.28. The average molecular weight is 300 g/mol. The monoisotopic (exact) mass is 299 g/mol. The highest BCUT2D eigenvalue weighted by Crippen LogP contribution is 2.13. The van der Waals surface area contributed by atoms with Crippen molar-refractivity contribution < 1.29 is 19.5 Å². The molecule has 0 aliphatic rings. The second kappa shape index (κ2) is 7.34. The highest BCUT2D eigenvalue weighted by Gasteiger charge is 2.20. The number of carboxylic acid groups (broad SMARTS) is 1. The van der Waals surface area contributed by atoms with E-state index in [1.165, 1.54) is 0 Å². The second-order valence-corrected chi connectivity index (χ2v) is 4.44. The summed E-state index contributed by atoms with van der Waals surface area (Å²) < 4.78 is 0. The summed E-state index contributed by atoms with van der Waals surface area (Å²) in [5.74, 6) is -1.87. The topological polar surface area (TPSA) is 122 Å². The van der Waals surface area contributed by atoms with Gasteiger partial charge in [0.25, 0.3) is 0 Å². The third-order valence-corrected chi connectivity index (χ3v) is 2.64. The van der Waals surface area contributed by atoms with Crippen LogP contribution < -0.4 is 16.4 Å². The Balaban J connectivity index is 2.55. The molecule has 20 heavy (non-hydrogen) atoms. The van der Waals surface area contributed by atoms with Gasteiger partial charge in [0.15, 0.2) is 0 Å². The minimum absolute atomic E-state index is 0.0707. The number of aliphatic carboxylic acids is 1. The quantitative estimate of drug-likeness (QED) is 0.630. The minimum atomic E-state index is -1.24. The highest BCUT2D eigenvalue weighted by atomic mass is 35.5. The van der Waals surface area contributed by atoms with Crippen molar-refractivity contribution in [2.75, 3.05) is 5.32 Å². The molecule has 7 nitrogen and oxygen atoms in total. The third kappa shape index (κ3) is 5.57.